The molecule has 0 aliphatic heterocycles. The number of aromatic nitrogens is 2. The van der Waals surface area contributed by atoms with Gasteiger partial charge < -0.3 is 10.2 Å². The monoisotopic (exact) mass is 356 g/mol. The van der Waals surface area contributed by atoms with Crippen molar-refractivity contribution in [3.63, 3.8) is 0 Å². The molecule has 0 bridgehead atoms. The van der Waals surface area contributed by atoms with Crippen LogP contribution >= 0.6 is 15.9 Å². The third-order valence-corrected chi connectivity index (χ3v) is 4.05. The predicted octanol–water partition coefficient (Wildman–Crippen LogP) is 4.07. The average molecular weight is 357 g/mol. The van der Waals surface area contributed by atoms with E-state index < -0.39 is 0 Å². The number of anilines is 2. The van der Waals surface area contributed by atoms with Gasteiger partial charge >= 0.3 is 0 Å². The lowest BCUT2D eigenvalue weighted by atomic mass is 10.2. The summed E-state index contributed by atoms with van der Waals surface area (Å²) in [7, 11) is 3.98. The maximum Gasteiger partial charge on any atom is 0.128 e. The fourth-order valence-corrected chi connectivity index (χ4v) is 2.69. The fourth-order valence-electron chi connectivity index (χ4n) is 2.22. The summed E-state index contributed by atoms with van der Waals surface area (Å²) >= 11 is 3.55. The summed E-state index contributed by atoms with van der Waals surface area (Å²) in [6, 6.07) is 14.2. The summed E-state index contributed by atoms with van der Waals surface area (Å²) < 4.78 is 1.01. The lowest BCUT2D eigenvalue weighted by molar-refractivity contribution is 1.04. The normalized spacial score (nSPS) is 10.7. The van der Waals surface area contributed by atoms with Gasteiger partial charge in [0.05, 0.1) is 5.52 Å². The molecule has 0 saturated carbocycles. The van der Waals surface area contributed by atoms with Gasteiger partial charge in [-0.3, -0.25) is 0 Å². The van der Waals surface area contributed by atoms with E-state index in [1.54, 1.807) is 0 Å². The molecule has 2 aromatic heterocycles. The molecule has 3 aromatic rings. The van der Waals surface area contributed by atoms with Gasteiger partial charge in [-0.1, -0.05) is 12.1 Å². The van der Waals surface area contributed by atoms with Gasteiger partial charge in [0.2, 0.25) is 0 Å². The molecule has 112 valence electrons. The van der Waals surface area contributed by atoms with Gasteiger partial charge in [-0.05, 0) is 51.8 Å². The van der Waals surface area contributed by atoms with E-state index in [2.05, 4.69) is 49.4 Å². The third kappa shape index (κ3) is 3.20. The second-order valence-corrected chi connectivity index (χ2v) is 6.13. The molecule has 0 radical (unpaired) electrons. The Morgan fingerprint density at radius 1 is 1.14 bits per heavy atom. The van der Waals surface area contributed by atoms with Crippen molar-refractivity contribution in [2.75, 3.05) is 24.3 Å². The zero-order chi connectivity index (χ0) is 15.5. The Hall–Kier alpha value is -2.14. The van der Waals surface area contributed by atoms with Crippen LogP contribution in [-0.2, 0) is 6.54 Å². The molecule has 0 saturated heterocycles. The fraction of sp³-hybridized carbons (Fsp3) is 0.176. The number of nitrogens with zero attached hydrogens (tertiary/aromatic N) is 3. The number of halogens is 1. The topological polar surface area (TPSA) is 41.0 Å². The molecule has 0 aliphatic carbocycles. The van der Waals surface area contributed by atoms with Crippen molar-refractivity contribution in [3.8, 4) is 0 Å². The highest BCUT2D eigenvalue weighted by Gasteiger charge is 2.03. The van der Waals surface area contributed by atoms with E-state index in [-0.39, 0.29) is 0 Å². The highest BCUT2D eigenvalue weighted by Crippen LogP contribution is 2.23. The molecule has 0 amide bonds. The van der Waals surface area contributed by atoms with Crippen molar-refractivity contribution in [1.29, 1.82) is 0 Å². The Bertz CT molecular complexity index is 802. The molecular weight excluding hydrogens is 340 g/mol. The largest absolute Gasteiger partial charge is 0.366 e. The predicted molar refractivity (Wildman–Crippen MR) is 95.3 cm³/mol. The lowest BCUT2D eigenvalue weighted by Gasteiger charge is -2.13. The molecule has 3 rings (SSSR count). The van der Waals surface area contributed by atoms with Crippen LogP contribution in [0.2, 0.25) is 0 Å². The van der Waals surface area contributed by atoms with E-state index in [1.807, 2.05) is 49.5 Å². The molecule has 22 heavy (non-hydrogen) atoms. The van der Waals surface area contributed by atoms with Crippen molar-refractivity contribution in [1.82, 2.24) is 9.97 Å². The summed E-state index contributed by atoms with van der Waals surface area (Å²) in [6.07, 6.45) is 1.83. The number of hydrogen-bond acceptors (Lipinski definition) is 4. The summed E-state index contributed by atoms with van der Waals surface area (Å²) in [5, 5.41) is 4.49. The average Bonchev–Trinajstić information content (AvgIpc) is 2.54. The Kier molecular flexibility index (Phi) is 4.24. The SMILES string of the molecule is CN(C)c1cc(CNc2ccc3cccc(Br)c3n2)ccn1. The van der Waals surface area contributed by atoms with Crippen LogP contribution in [0, 0.1) is 0 Å². The van der Waals surface area contributed by atoms with Gasteiger partial charge in [0.1, 0.15) is 11.6 Å². The second kappa shape index (κ2) is 6.32. The van der Waals surface area contributed by atoms with Crippen LogP contribution in [0.5, 0.6) is 0 Å². The van der Waals surface area contributed by atoms with E-state index in [0.717, 1.165) is 27.0 Å². The van der Waals surface area contributed by atoms with Crippen LogP contribution in [0.25, 0.3) is 10.9 Å². The van der Waals surface area contributed by atoms with Crippen molar-refractivity contribution in [2.45, 2.75) is 6.54 Å². The van der Waals surface area contributed by atoms with Gasteiger partial charge in [0.25, 0.3) is 0 Å². The summed E-state index contributed by atoms with van der Waals surface area (Å²) in [5.74, 6) is 1.82. The van der Waals surface area contributed by atoms with Gasteiger partial charge in [0, 0.05) is 36.7 Å². The van der Waals surface area contributed by atoms with Crippen LogP contribution in [0.3, 0.4) is 0 Å². The van der Waals surface area contributed by atoms with Gasteiger partial charge in [-0.25, -0.2) is 9.97 Å². The lowest BCUT2D eigenvalue weighted by Crippen LogP contribution is -2.11. The van der Waals surface area contributed by atoms with Crippen LogP contribution in [0.4, 0.5) is 11.6 Å². The molecule has 0 atom stereocenters. The molecule has 4 nitrogen and oxygen atoms in total. The quantitative estimate of drug-likeness (QED) is 0.764. The standard InChI is InChI=1S/C17H17BrN4/c1-22(2)16-10-12(8-9-19-16)11-20-15-7-6-13-4-3-5-14(18)17(13)21-15/h3-10H,11H2,1-2H3,(H,20,21). The number of hydrogen-bond donors (Lipinski definition) is 1. The van der Waals surface area contributed by atoms with Crippen LogP contribution in [0.1, 0.15) is 5.56 Å². The van der Waals surface area contributed by atoms with Crippen molar-refractivity contribution in [3.05, 3.63) is 58.7 Å². The van der Waals surface area contributed by atoms with Gasteiger partial charge in [0.15, 0.2) is 0 Å². The number of pyridine rings is 2. The molecule has 0 spiro atoms. The molecule has 0 unspecified atom stereocenters. The van der Waals surface area contributed by atoms with Crippen LogP contribution in [-0.4, -0.2) is 24.1 Å². The van der Waals surface area contributed by atoms with Crippen molar-refractivity contribution in [2.24, 2.45) is 0 Å². The zero-order valence-electron chi connectivity index (χ0n) is 12.5. The Balaban J connectivity index is 1.79. The van der Waals surface area contributed by atoms with E-state index in [4.69, 9.17) is 0 Å². The summed E-state index contributed by atoms with van der Waals surface area (Å²) in [5.41, 5.74) is 2.14. The minimum absolute atomic E-state index is 0.715. The molecule has 1 N–H and O–H groups in total. The van der Waals surface area contributed by atoms with Gasteiger partial charge in [-0.2, -0.15) is 0 Å². The minimum Gasteiger partial charge on any atom is -0.366 e. The molecule has 0 fully saturated rings. The first-order valence-electron chi connectivity index (χ1n) is 7.05. The number of nitrogens with one attached hydrogen (secondary N) is 1. The molecular formula is C17H17BrN4. The maximum atomic E-state index is 4.66. The highest BCUT2D eigenvalue weighted by atomic mass is 79.9. The Morgan fingerprint density at radius 2 is 2.00 bits per heavy atom. The minimum atomic E-state index is 0.715. The number of rotatable bonds is 4. The summed E-state index contributed by atoms with van der Waals surface area (Å²) in [4.78, 5) is 11.0. The van der Waals surface area contributed by atoms with E-state index >= 15 is 0 Å². The molecule has 5 heteroatoms. The maximum absolute atomic E-state index is 4.66. The number of benzene rings is 1. The molecule has 0 aliphatic rings. The molecule has 2 heterocycles. The van der Waals surface area contributed by atoms with E-state index in [0.29, 0.717) is 6.54 Å². The van der Waals surface area contributed by atoms with Gasteiger partial charge in [-0.15, -0.1) is 0 Å². The van der Waals surface area contributed by atoms with Crippen molar-refractivity contribution >= 4 is 38.5 Å². The van der Waals surface area contributed by atoms with Crippen LogP contribution < -0.4 is 10.2 Å². The van der Waals surface area contributed by atoms with Crippen LogP contribution in [0.15, 0.2) is 53.1 Å². The second-order valence-electron chi connectivity index (χ2n) is 5.28. The highest BCUT2D eigenvalue weighted by molar-refractivity contribution is 9.10. The number of fused-ring (bicyclic) bond motifs is 1. The first-order valence-corrected chi connectivity index (χ1v) is 7.84. The summed E-state index contributed by atoms with van der Waals surface area (Å²) in [6.45, 7) is 0.715. The Labute approximate surface area is 138 Å². The Morgan fingerprint density at radius 3 is 2.82 bits per heavy atom. The molecule has 1 aromatic carbocycles. The first kappa shape index (κ1) is 14.8. The van der Waals surface area contributed by atoms with Crippen molar-refractivity contribution < 1.29 is 0 Å². The smallest absolute Gasteiger partial charge is 0.128 e. The van der Waals surface area contributed by atoms with E-state index in [9.17, 15) is 0 Å². The van der Waals surface area contributed by atoms with E-state index in [1.165, 1.54) is 5.56 Å². The number of para-hydroxylation sites is 1. The third-order valence-electron chi connectivity index (χ3n) is 3.41. The first-order chi connectivity index (χ1) is 10.6. The zero-order valence-corrected chi connectivity index (χ0v) is 14.1.